The first kappa shape index (κ1) is 14.3. The predicted octanol–water partition coefficient (Wildman–Crippen LogP) is 0.772. The van der Waals surface area contributed by atoms with Gasteiger partial charge in [-0.15, -0.1) is 0 Å². The van der Waals surface area contributed by atoms with Gasteiger partial charge in [0.05, 0.1) is 12.6 Å². The highest BCUT2D eigenvalue weighted by Crippen LogP contribution is 2.15. The lowest BCUT2D eigenvalue weighted by molar-refractivity contribution is -0.125. The van der Waals surface area contributed by atoms with Crippen molar-refractivity contribution in [3.05, 3.63) is 0 Å². The Bertz CT molecular complexity index is 240. The first-order valence-electron chi connectivity index (χ1n) is 5.98. The van der Waals surface area contributed by atoms with E-state index in [-0.39, 0.29) is 25.1 Å². The van der Waals surface area contributed by atoms with E-state index in [0.29, 0.717) is 5.92 Å². The number of nitrogens with one attached hydrogen (secondary N) is 2. The van der Waals surface area contributed by atoms with Crippen LogP contribution in [0.15, 0.2) is 0 Å². The molecule has 2 atom stereocenters. The molecule has 0 spiro atoms. The van der Waals surface area contributed by atoms with Crippen LogP contribution >= 0.6 is 0 Å². The van der Waals surface area contributed by atoms with Gasteiger partial charge >= 0.3 is 0 Å². The highest BCUT2D eigenvalue weighted by Gasteiger charge is 2.26. The third kappa shape index (κ3) is 5.41. The van der Waals surface area contributed by atoms with E-state index in [1.165, 1.54) is 0 Å². The van der Waals surface area contributed by atoms with Gasteiger partial charge in [0.2, 0.25) is 5.91 Å². The smallest absolute Gasteiger partial charge is 0.261 e. The zero-order chi connectivity index (χ0) is 12.7. The van der Waals surface area contributed by atoms with Gasteiger partial charge in [0.15, 0.2) is 0 Å². The molecule has 0 aromatic rings. The molecule has 1 rings (SSSR count). The van der Waals surface area contributed by atoms with Crippen LogP contribution in [0.2, 0.25) is 0 Å². The van der Waals surface area contributed by atoms with Crippen molar-refractivity contribution in [2.45, 2.75) is 32.2 Å². The number of alkyl halides is 2. The minimum atomic E-state index is -2.45. The Morgan fingerprint density at radius 3 is 3.00 bits per heavy atom. The number of ether oxygens (including phenoxy) is 1. The van der Waals surface area contributed by atoms with E-state index in [4.69, 9.17) is 0 Å². The molecule has 0 bridgehead atoms. The van der Waals surface area contributed by atoms with Crippen molar-refractivity contribution in [3.8, 4) is 0 Å². The summed E-state index contributed by atoms with van der Waals surface area (Å²) < 4.78 is 28.2. The molecular formula is C11H20F2N2O2. The first-order valence-corrected chi connectivity index (χ1v) is 5.98. The van der Waals surface area contributed by atoms with E-state index in [1.807, 2.05) is 6.92 Å². The number of rotatable bonds is 6. The topological polar surface area (TPSA) is 50.4 Å². The van der Waals surface area contributed by atoms with Crippen molar-refractivity contribution in [1.82, 2.24) is 10.6 Å². The van der Waals surface area contributed by atoms with Gasteiger partial charge in [0, 0.05) is 6.54 Å². The molecule has 1 heterocycles. The number of carbonyl (C=O) groups excluding carboxylic acids is 1. The number of hydrogen-bond acceptors (Lipinski definition) is 3. The van der Waals surface area contributed by atoms with Crippen LogP contribution < -0.4 is 10.6 Å². The van der Waals surface area contributed by atoms with Crippen LogP contribution in [0.4, 0.5) is 8.78 Å². The van der Waals surface area contributed by atoms with E-state index in [9.17, 15) is 13.6 Å². The molecule has 2 N–H and O–H groups in total. The summed E-state index contributed by atoms with van der Waals surface area (Å²) in [5.41, 5.74) is 0. The van der Waals surface area contributed by atoms with E-state index >= 15 is 0 Å². The van der Waals surface area contributed by atoms with Gasteiger partial charge < -0.3 is 15.4 Å². The van der Waals surface area contributed by atoms with Gasteiger partial charge in [0.1, 0.15) is 6.61 Å². The molecule has 100 valence electrons. The number of halogens is 2. The molecular weight excluding hydrogens is 230 g/mol. The average Bonchev–Trinajstić information content (AvgIpc) is 2.28. The molecule has 0 radical (unpaired) electrons. The third-order valence-corrected chi connectivity index (χ3v) is 2.84. The Kier molecular flexibility index (Phi) is 6.36. The van der Waals surface area contributed by atoms with Gasteiger partial charge in [-0.1, -0.05) is 6.92 Å². The van der Waals surface area contributed by atoms with Crippen molar-refractivity contribution in [2.75, 3.05) is 26.3 Å². The van der Waals surface area contributed by atoms with E-state index in [2.05, 4.69) is 15.4 Å². The second-order valence-corrected chi connectivity index (χ2v) is 4.31. The summed E-state index contributed by atoms with van der Waals surface area (Å²) in [4.78, 5) is 11.7. The maximum absolute atomic E-state index is 11.7. The van der Waals surface area contributed by atoms with Crippen molar-refractivity contribution >= 4 is 5.91 Å². The molecule has 1 saturated heterocycles. The lowest BCUT2D eigenvalue weighted by Gasteiger charge is -2.28. The van der Waals surface area contributed by atoms with Crippen LogP contribution in [0.5, 0.6) is 0 Å². The Balaban J connectivity index is 2.11. The summed E-state index contributed by atoms with van der Waals surface area (Å²) in [7, 11) is 0. The monoisotopic (exact) mass is 250 g/mol. The van der Waals surface area contributed by atoms with Crippen LogP contribution in [0.1, 0.15) is 19.8 Å². The molecule has 17 heavy (non-hydrogen) atoms. The molecule has 4 nitrogen and oxygen atoms in total. The highest BCUT2D eigenvalue weighted by molar-refractivity contribution is 5.82. The van der Waals surface area contributed by atoms with Crippen molar-refractivity contribution in [1.29, 1.82) is 0 Å². The van der Waals surface area contributed by atoms with Gasteiger partial charge in [-0.25, -0.2) is 8.78 Å². The Hall–Kier alpha value is -0.750. The molecule has 1 aliphatic rings. The Morgan fingerprint density at radius 2 is 2.35 bits per heavy atom. The maximum atomic E-state index is 11.7. The van der Waals surface area contributed by atoms with Gasteiger partial charge in [-0.05, 0) is 25.3 Å². The molecule has 0 aromatic heterocycles. The average molecular weight is 250 g/mol. The first-order chi connectivity index (χ1) is 8.11. The van der Waals surface area contributed by atoms with Crippen LogP contribution in [0.3, 0.4) is 0 Å². The van der Waals surface area contributed by atoms with Gasteiger partial charge in [-0.3, -0.25) is 4.79 Å². The fraction of sp³-hybridized carbons (Fsp3) is 0.909. The zero-order valence-corrected chi connectivity index (χ0v) is 10.0. The van der Waals surface area contributed by atoms with Crippen molar-refractivity contribution < 1.29 is 18.3 Å². The number of amides is 1. The number of piperidine rings is 1. The van der Waals surface area contributed by atoms with Crippen LogP contribution in [-0.2, 0) is 9.53 Å². The maximum Gasteiger partial charge on any atom is 0.261 e. The summed E-state index contributed by atoms with van der Waals surface area (Å²) in [5.74, 6) is 0.239. The largest absolute Gasteiger partial charge is 0.374 e. The minimum Gasteiger partial charge on any atom is -0.374 e. The molecule has 2 unspecified atom stereocenters. The zero-order valence-electron chi connectivity index (χ0n) is 10.0. The fourth-order valence-corrected chi connectivity index (χ4v) is 1.93. The lowest BCUT2D eigenvalue weighted by atomic mass is 9.92. The quantitative estimate of drug-likeness (QED) is 0.685. The minimum absolute atomic E-state index is 0.0714. The summed E-state index contributed by atoms with van der Waals surface area (Å²) in [5, 5.41) is 5.84. The summed E-state index contributed by atoms with van der Waals surface area (Å²) >= 11 is 0. The molecule has 0 aromatic carbocycles. The second-order valence-electron chi connectivity index (χ2n) is 4.31. The van der Waals surface area contributed by atoms with E-state index in [0.717, 1.165) is 19.4 Å². The second kappa shape index (κ2) is 7.55. The van der Waals surface area contributed by atoms with Crippen LogP contribution in [-0.4, -0.2) is 44.7 Å². The Labute approximate surface area is 100 Å². The highest BCUT2D eigenvalue weighted by atomic mass is 19.3. The fourth-order valence-electron chi connectivity index (χ4n) is 1.93. The van der Waals surface area contributed by atoms with E-state index < -0.39 is 13.0 Å². The molecule has 1 aliphatic heterocycles. The summed E-state index contributed by atoms with van der Waals surface area (Å²) in [6.07, 6.45) is -0.333. The van der Waals surface area contributed by atoms with Crippen LogP contribution in [0, 0.1) is 5.92 Å². The summed E-state index contributed by atoms with van der Waals surface area (Å²) in [6.45, 7) is 2.70. The predicted molar refractivity (Wildman–Crippen MR) is 60.0 cm³/mol. The molecule has 6 heteroatoms. The van der Waals surface area contributed by atoms with Gasteiger partial charge in [0.25, 0.3) is 6.43 Å². The molecule has 0 saturated carbocycles. The Morgan fingerprint density at radius 1 is 1.59 bits per heavy atom. The van der Waals surface area contributed by atoms with Crippen molar-refractivity contribution in [3.63, 3.8) is 0 Å². The van der Waals surface area contributed by atoms with Crippen molar-refractivity contribution in [2.24, 2.45) is 5.92 Å². The molecule has 1 amide bonds. The number of hydrogen-bond donors (Lipinski definition) is 2. The SMILES string of the molecule is CC1CCCNC1C(=O)NCCOCC(F)F. The number of carbonyl (C=O) groups is 1. The van der Waals surface area contributed by atoms with Crippen LogP contribution in [0.25, 0.3) is 0 Å². The molecule has 0 aliphatic carbocycles. The molecule has 1 fully saturated rings. The van der Waals surface area contributed by atoms with Gasteiger partial charge in [-0.2, -0.15) is 0 Å². The lowest BCUT2D eigenvalue weighted by Crippen LogP contribution is -2.51. The third-order valence-electron chi connectivity index (χ3n) is 2.84. The standard InChI is InChI=1S/C11H20F2N2O2/c1-8-3-2-4-14-10(8)11(16)15-5-6-17-7-9(12)13/h8-10,14H,2-7H2,1H3,(H,15,16). The summed E-state index contributed by atoms with van der Waals surface area (Å²) in [6, 6.07) is -0.168. The van der Waals surface area contributed by atoms with E-state index in [1.54, 1.807) is 0 Å². The normalized spacial score (nSPS) is 24.9.